The van der Waals surface area contributed by atoms with E-state index in [0.29, 0.717) is 37.9 Å². The van der Waals surface area contributed by atoms with Crippen molar-refractivity contribution in [3.8, 4) is 6.07 Å². The van der Waals surface area contributed by atoms with Crippen LogP contribution in [-0.4, -0.2) is 73.9 Å². The fourth-order valence-electron chi connectivity index (χ4n) is 3.85. The zero-order valence-corrected chi connectivity index (χ0v) is 17.3. The molecule has 30 heavy (non-hydrogen) atoms. The van der Waals surface area contributed by atoms with Crippen molar-refractivity contribution < 1.29 is 14.7 Å². The Morgan fingerprint density at radius 2 is 2.27 bits per heavy atom. The zero-order chi connectivity index (χ0) is 21.7. The average molecular weight is 431 g/mol. The number of halogens is 1. The van der Waals surface area contributed by atoms with Crippen LogP contribution in [0.4, 0.5) is 4.79 Å². The normalized spacial score (nSPS) is 21.1. The summed E-state index contributed by atoms with van der Waals surface area (Å²) in [6.45, 7) is 0.857. The van der Waals surface area contributed by atoms with Gasteiger partial charge in [0.25, 0.3) is 5.91 Å². The summed E-state index contributed by atoms with van der Waals surface area (Å²) in [6.07, 6.45) is 2.08. The Kier molecular flexibility index (Phi) is 6.90. The van der Waals surface area contributed by atoms with Gasteiger partial charge in [-0.1, -0.05) is 12.1 Å². The number of hydrogen-bond donors (Lipinski definition) is 2. The minimum atomic E-state index is -1.00. The maximum atomic E-state index is 12.3. The van der Waals surface area contributed by atoms with Gasteiger partial charge in [0.05, 0.1) is 29.2 Å². The third-order valence-electron chi connectivity index (χ3n) is 5.52. The third-order valence-corrected chi connectivity index (χ3v) is 6.17. The maximum Gasteiger partial charge on any atom is 0.407 e. The molecule has 0 aliphatic carbocycles. The molecular weight excluding hydrogens is 408 g/mol. The number of nitrogens with one attached hydrogen (secondary N) is 1. The standard InChI is InChI=1S/C20H23ClN6O3/c1-26(19(28)16-12-23-25-24-16)7-5-15-6-8-27(20(29)30)17(18(15)21)10-13-3-2-4-14(9-13)11-22/h2-4,9,12,15,17-18H,5-8,10H2,1H3,(H,29,30)(H,23,24,25). The molecule has 2 aromatic rings. The first-order valence-electron chi connectivity index (χ1n) is 9.64. The van der Waals surface area contributed by atoms with Crippen LogP contribution in [0.15, 0.2) is 30.5 Å². The minimum absolute atomic E-state index is 0.0546. The van der Waals surface area contributed by atoms with Crippen LogP contribution >= 0.6 is 11.6 Å². The van der Waals surface area contributed by atoms with Crippen molar-refractivity contribution in [1.82, 2.24) is 25.2 Å². The number of nitrogens with zero attached hydrogens (tertiary/aromatic N) is 5. The van der Waals surface area contributed by atoms with Crippen molar-refractivity contribution in [2.75, 3.05) is 20.1 Å². The van der Waals surface area contributed by atoms with Crippen molar-refractivity contribution in [1.29, 1.82) is 5.26 Å². The molecule has 10 heteroatoms. The molecule has 2 amide bonds. The van der Waals surface area contributed by atoms with E-state index in [-0.39, 0.29) is 17.5 Å². The number of aromatic nitrogens is 3. The van der Waals surface area contributed by atoms with Crippen molar-refractivity contribution in [3.05, 3.63) is 47.3 Å². The topological polar surface area (TPSA) is 126 Å². The van der Waals surface area contributed by atoms with E-state index in [2.05, 4.69) is 21.5 Å². The van der Waals surface area contributed by atoms with Crippen LogP contribution in [-0.2, 0) is 6.42 Å². The molecule has 1 saturated heterocycles. The molecular formula is C20H23ClN6O3. The summed E-state index contributed by atoms with van der Waals surface area (Å²) < 4.78 is 0. The summed E-state index contributed by atoms with van der Waals surface area (Å²) in [5.41, 5.74) is 1.65. The number of amides is 2. The van der Waals surface area contributed by atoms with Crippen LogP contribution in [0.1, 0.15) is 34.5 Å². The molecule has 0 bridgehead atoms. The highest BCUT2D eigenvalue weighted by molar-refractivity contribution is 6.21. The summed E-state index contributed by atoms with van der Waals surface area (Å²) in [5.74, 6) is -0.179. The molecule has 1 aromatic carbocycles. The molecule has 1 aliphatic rings. The Labute approximate surface area is 179 Å². The Bertz CT molecular complexity index is 929. The van der Waals surface area contributed by atoms with E-state index in [0.717, 1.165) is 5.56 Å². The molecule has 1 aromatic heterocycles. The number of carboxylic acid groups (broad SMARTS) is 1. The van der Waals surface area contributed by atoms with Gasteiger partial charge in [0.2, 0.25) is 0 Å². The molecule has 1 aliphatic heterocycles. The Morgan fingerprint density at radius 3 is 2.93 bits per heavy atom. The molecule has 9 nitrogen and oxygen atoms in total. The van der Waals surface area contributed by atoms with Gasteiger partial charge in [0.1, 0.15) is 0 Å². The van der Waals surface area contributed by atoms with Gasteiger partial charge in [-0.25, -0.2) is 4.79 Å². The zero-order valence-electron chi connectivity index (χ0n) is 16.5. The van der Waals surface area contributed by atoms with Gasteiger partial charge in [-0.2, -0.15) is 20.7 Å². The lowest BCUT2D eigenvalue weighted by Crippen LogP contribution is -2.53. The number of carbonyl (C=O) groups excluding carboxylic acids is 1. The predicted octanol–water partition coefficient (Wildman–Crippen LogP) is 2.36. The fourth-order valence-corrected chi connectivity index (χ4v) is 4.33. The van der Waals surface area contributed by atoms with Crippen molar-refractivity contribution in [2.45, 2.75) is 30.7 Å². The minimum Gasteiger partial charge on any atom is -0.465 e. The smallest absolute Gasteiger partial charge is 0.407 e. The van der Waals surface area contributed by atoms with E-state index < -0.39 is 17.5 Å². The van der Waals surface area contributed by atoms with E-state index in [9.17, 15) is 14.7 Å². The van der Waals surface area contributed by atoms with Crippen LogP contribution in [0.3, 0.4) is 0 Å². The second kappa shape index (κ2) is 9.59. The van der Waals surface area contributed by atoms with Crippen LogP contribution in [0, 0.1) is 17.2 Å². The molecule has 0 radical (unpaired) electrons. The summed E-state index contributed by atoms with van der Waals surface area (Å²) in [5, 5.41) is 28.2. The van der Waals surface area contributed by atoms with Crippen LogP contribution in [0.2, 0.25) is 0 Å². The number of likely N-dealkylation sites (tertiary alicyclic amines) is 1. The van der Waals surface area contributed by atoms with Gasteiger partial charge < -0.3 is 14.9 Å². The summed E-state index contributed by atoms with van der Waals surface area (Å²) in [6, 6.07) is 8.82. The second-order valence-corrected chi connectivity index (χ2v) is 7.93. The molecule has 158 valence electrons. The molecule has 0 spiro atoms. The molecule has 0 saturated carbocycles. The number of aromatic amines is 1. The molecule has 2 N–H and O–H groups in total. The monoisotopic (exact) mass is 430 g/mol. The van der Waals surface area contributed by atoms with Gasteiger partial charge in [0.15, 0.2) is 5.69 Å². The highest BCUT2D eigenvalue weighted by atomic mass is 35.5. The van der Waals surface area contributed by atoms with Gasteiger partial charge in [-0.05, 0) is 42.9 Å². The van der Waals surface area contributed by atoms with E-state index >= 15 is 0 Å². The number of piperidine rings is 1. The fraction of sp³-hybridized carbons (Fsp3) is 0.450. The number of hydrogen-bond acceptors (Lipinski definition) is 5. The Morgan fingerprint density at radius 1 is 1.47 bits per heavy atom. The quantitative estimate of drug-likeness (QED) is 0.677. The van der Waals surface area contributed by atoms with Crippen LogP contribution in [0.25, 0.3) is 0 Å². The number of alkyl halides is 1. The first kappa shape index (κ1) is 21.6. The van der Waals surface area contributed by atoms with E-state index in [1.165, 1.54) is 11.1 Å². The first-order valence-corrected chi connectivity index (χ1v) is 10.1. The van der Waals surface area contributed by atoms with E-state index in [1.54, 1.807) is 30.1 Å². The number of rotatable bonds is 6. The van der Waals surface area contributed by atoms with Crippen molar-refractivity contribution in [2.24, 2.45) is 5.92 Å². The average Bonchev–Trinajstić information content (AvgIpc) is 3.28. The largest absolute Gasteiger partial charge is 0.465 e. The number of carbonyl (C=O) groups is 2. The molecule has 3 rings (SSSR count). The Hall–Kier alpha value is -3.12. The maximum absolute atomic E-state index is 12.3. The van der Waals surface area contributed by atoms with Gasteiger partial charge in [-0.15, -0.1) is 11.6 Å². The lowest BCUT2D eigenvalue weighted by atomic mass is 9.85. The third kappa shape index (κ3) is 4.89. The van der Waals surface area contributed by atoms with Crippen molar-refractivity contribution in [3.63, 3.8) is 0 Å². The molecule has 1 fully saturated rings. The highest BCUT2D eigenvalue weighted by Crippen LogP contribution is 2.32. The van der Waals surface area contributed by atoms with Crippen LogP contribution in [0.5, 0.6) is 0 Å². The second-order valence-electron chi connectivity index (χ2n) is 7.42. The molecule has 3 atom stereocenters. The summed E-state index contributed by atoms with van der Waals surface area (Å²) in [7, 11) is 1.69. The van der Waals surface area contributed by atoms with Gasteiger partial charge in [0, 0.05) is 20.1 Å². The lowest BCUT2D eigenvalue weighted by Gasteiger charge is -2.42. The lowest BCUT2D eigenvalue weighted by molar-refractivity contribution is 0.0745. The highest BCUT2D eigenvalue weighted by Gasteiger charge is 2.39. The SMILES string of the molecule is CN(CCC1CCN(C(=O)O)C(Cc2cccc(C#N)c2)C1Cl)C(=O)c1cn[nH]n1. The van der Waals surface area contributed by atoms with Crippen molar-refractivity contribution >= 4 is 23.6 Å². The number of benzene rings is 1. The van der Waals surface area contributed by atoms with Gasteiger partial charge in [-0.3, -0.25) is 4.79 Å². The predicted molar refractivity (Wildman–Crippen MR) is 109 cm³/mol. The van der Waals surface area contributed by atoms with E-state index in [4.69, 9.17) is 16.9 Å². The first-order chi connectivity index (χ1) is 14.4. The summed E-state index contributed by atoms with van der Waals surface area (Å²) >= 11 is 6.77. The summed E-state index contributed by atoms with van der Waals surface area (Å²) in [4.78, 5) is 27.0. The number of H-pyrrole nitrogens is 1. The number of nitriles is 1. The van der Waals surface area contributed by atoms with Gasteiger partial charge >= 0.3 is 6.09 Å². The van der Waals surface area contributed by atoms with E-state index in [1.807, 2.05) is 6.07 Å². The Balaban J connectivity index is 1.67. The molecule has 2 heterocycles. The van der Waals surface area contributed by atoms with Crippen LogP contribution < -0.4 is 0 Å². The molecule has 3 unspecified atom stereocenters.